The summed E-state index contributed by atoms with van der Waals surface area (Å²) in [5.74, 6) is 0. The van der Waals surface area contributed by atoms with Crippen LogP contribution < -0.4 is 12.4 Å². The van der Waals surface area contributed by atoms with Crippen molar-refractivity contribution in [3.8, 4) is 0 Å². The van der Waals surface area contributed by atoms with Crippen molar-refractivity contribution in [3.05, 3.63) is 49.3 Å². The van der Waals surface area contributed by atoms with Gasteiger partial charge in [0.05, 0.1) is 12.5 Å². The Morgan fingerprint density at radius 3 is 1.55 bits per heavy atom. The van der Waals surface area contributed by atoms with Gasteiger partial charge in [-0.1, -0.05) is 0 Å². The van der Waals surface area contributed by atoms with Gasteiger partial charge in [-0.05, 0) is 12.1 Å². The molecule has 3 heteroatoms. The fourth-order valence-electron chi connectivity index (χ4n) is 0.475. The van der Waals surface area contributed by atoms with Gasteiger partial charge in [-0.2, -0.15) is 0 Å². The van der Waals surface area contributed by atoms with Crippen LogP contribution in [0.1, 0.15) is 0 Å². The zero-order chi connectivity index (χ0) is 7.07. The van der Waals surface area contributed by atoms with Gasteiger partial charge < -0.3 is 21.2 Å². The summed E-state index contributed by atoms with van der Waals surface area (Å²) in [5.41, 5.74) is 0. The van der Waals surface area contributed by atoms with Crippen LogP contribution >= 0.6 is 0 Å². The van der Waals surface area contributed by atoms with Crippen LogP contribution in [0.25, 0.3) is 0 Å². The van der Waals surface area contributed by atoms with E-state index in [0.717, 1.165) is 0 Å². The SMILES string of the molecule is [Cl-].c1cc[oH+]c1.c1ccoc1. The largest absolute Gasteiger partial charge is 1.00 e. The monoisotopic (exact) mass is 172 g/mol. The average Bonchev–Trinajstić information content (AvgIpc) is 2.67. The van der Waals surface area contributed by atoms with Gasteiger partial charge in [-0.3, -0.25) is 0 Å². The van der Waals surface area contributed by atoms with Crippen LogP contribution in [-0.4, -0.2) is 0 Å². The molecule has 0 aliphatic heterocycles. The minimum absolute atomic E-state index is 0. The van der Waals surface area contributed by atoms with Gasteiger partial charge in [0.25, 0.3) is 0 Å². The molecule has 0 saturated heterocycles. The number of halogens is 1. The summed E-state index contributed by atoms with van der Waals surface area (Å²) in [4.78, 5) is 0. The molecule has 0 aliphatic carbocycles. The number of hydrogen-bond donors (Lipinski definition) is 0. The van der Waals surface area contributed by atoms with E-state index < -0.39 is 0 Å². The van der Waals surface area contributed by atoms with E-state index in [0.29, 0.717) is 0 Å². The summed E-state index contributed by atoms with van der Waals surface area (Å²) in [6.45, 7) is 0. The van der Waals surface area contributed by atoms with E-state index in [1.165, 1.54) is 0 Å². The highest BCUT2D eigenvalue weighted by Crippen LogP contribution is 1.80. The molecule has 0 aliphatic rings. The molecule has 0 aromatic carbocycles. The quantitative estimate of drug-likeness (QED) is 0.500. The van der Waals surface area contributed by atoms with Crippen LogP contribution in [0.5, 0.6) is 0 Å². The summed E-state index contributed by atoms with van der Waals surface area (Å²) < 4.78 is 8.31. The van der Waals surface area contributed by atoms with Gasteiger partial charge in [0, 0.05) is 12.1 Å². The molecular formula is C8H9ClO2. The van der Waals surface area contributed by atoms with E-state index in [-0.39, 0.29) is 12.4 Å². The van der Waals surface area contributed by atoms with E-state index in [2.05, 4.69) is 8.83 Å². The molecule has 11 heavy (non-hydrogen) atoms. The van der Waals surface area contributed by atoms with Crippen molar-refractivity contribution in [2.75, 3.05) is 0 Å². The molecule has 60 valence electrons. The van der Waals surface area contributed by atoms with Crippen molar-refractivity contribution in [3.63, 3.8) is 0 Å². The molecule has 2 heterocycles. The van der Waals surface area contributed by atoms with Crippen molar-refractivity contribution >= 4 is 0 Å². The summed E-state index contributed by atoms with van der Waals surface area (Å²) in [6.07, 6.45) is 6.75. The Balaban J connectivity index is 0.000000167. The minimum Gasteiger partial charge on any atom is -1.00 e. The van der Waals surface area contributed by atoms with Crippen LogP contribution in [-0.2, 0) is 0 Å². The zero-order valence-corrected chi connectivity index (χ0v) is 6.61. The maximum atomic E-state index is 4.58. The predicted octanol–water partition coefficient (Wildman–Crippen LogP) is -0.324. The van der Waals surface area contributed by atoms with Gasteiger partial charge in [0.2, 0.25) is 12.5 Å². The molecule has 0 bridgehead atoms. The molecule has 0 spiro atoms. The highest BCUT2D eigenvalue weighted by molar-refractivity contribution is 4.79. The Morgan fingerprint density at radius 2 is 1.36 bits per heavy atom. The third-order valence-electron chi connectivity index (χ3n) is 0.881. The van der Waals surface area contributed by atoms with Crippen molar-refractivity contribution in [1.29, 1.82) is 0 Å². The van der Waals surface area contributed by atoms with E-state index in [1.54, 1.807) is 25.1 Å². The Kier molecular flexibility index (Phi) is 6.24. The van der Waals surface area contributed by atoms with Gasteiger partial charge in [0.1, 0.15) is 0 Å². The molecule has 2 aromatic rings. The fourth-order valence-corrected chi connectivity index (χ4v) is 0.475. The van der Waals surface area contributed by atoms with Crippen LogP contribution in [0, 0.1) is 0 Å². The van der Waals surface area contributed by atoms with E-state index in [1.807, 2.05) is 24.3 Å². The van der Waals surface area contributed by atoms with Crippen molar-refractivity contribution in [1.82, 2.24) is 0 Å². The molecule has 2 aromatic heterocycles. The Labute approximate surface area is 71.2 Å². The van der Waals surface area contributed by atoms with Gasteiger partial charge in [-0.15, -0.1) is 0 Å². The Morgan fingerprint density at radius 1 is 0.818 bits per heavy atom. The number of hydrogen-bond acceptors (Lipinski definition) is 1. The van der Waals surface area contributed by atoms with Crippen molar-refractivity contribution < 1.29 is 21.2 Å². The average molecular weight is 173 g/mol. The number of rotatable bonds is 0. The molecule has 0 saturated carbocycles. The Hall–Kier alpha value is -1.15. The molecule has 0 radical (unpaired) electrons. The van der Waals surface area contributed by atoms with Crippen LogP contribution in [0.3, 0.4) is 0 Å². The van der Waals surface area contributed by atoms with Gasteiger partial charge in [0.15, 0.2) is 0 Å². The lowest BCUT2D eigenvalue weighted by Crippen LogP contribution is -3.00. The van der Waals surface area contributed by atoms with E-state index in [9.17, 15) is 0 Å². The van der Waals surface area contributed by atoms with Crippen LogP contribution in [0.2, 0.25) is 0 Å². The van der Waals surface area contributed by atoms with Crippen molar-refractivity contribution in [2.45, 2.75) is 0 Å². The summed E-state index contributed by atoms with van der Waals surface area (Å²) >= 11 is 0. The molecule has 0 unspecified atom stereocenters. The molecule has 1 N–H and O–H groups in total. The molecule has 0 amide bonds. The smallest absolute Gasteiger partial charge is 0.223 e. The fraction of sp³-hybridized carbons (Fsp3) is 0. The highest BCUT2D eigenvalue weighted by atomic mass is 35.5. The first-order chi connectivity index (χ1) is 5.00. The third-order valence-corrected chi connectivity index (χ3v) is 0.881. The minimum atomic E-state index is 0. The van der Waals surface area contributed by atoms with Gasteiger partial charge >= 0.3 is 0 Å². The maximum Gasteiger partial charge on any atom is 0.223 e. The summed E-state index contributed by atoms with van der Waals surface area (Å²) in [7, 11) is 0. The second-order valence-electron chi connectivity index (χ2n) is 1.63. The lowest BCUT2D eigenvalue weighted by molar-refractivity contribution is -0.00000281. The lowest BCUT2D eigenvalue weighted by Gasteiger charge is -1.50. The van der Waals surface area contributed by atoms with Gasteiger partial charge in [-0.25, -0.2) is 0 Å². The molecule has 0 atom stereocenters. The standard InChI is InChI=1S/2C4H4O.ClH/c2*1-2-4-5-3-1;/h2*1-4H;1H. The lowest BCUT2D eigenvalue weighted by atomic mass is 10.7. The highest BCUT2D eigenvalue weighted by Gasteiger charge is 1.66. The third kappa shape index (κ3) is 5.30. The molecule has 2 nitrogen and oxygen atoms in total. The molecule has 0 fully saturated rings. The molecular weight excluding hydrogens is 164 g/mol. The Bertz CT molecular complexity index is 151. The van der Waals surface area contributed by atoms with Crippen LogP contribution in [0.15, 0.2) is 58.2 Å². The second kappa shape index (κ2) is 6.96. The normalized spacial score (nSPS) is 7.27. The second-order valence-corrected chi connectivity index (χ2v) is 1.63. The topological polar surface area (TPSA) is 25.9 Å². The predicted molar refractivity (Wildman–Crippen MR) is 38.5 cm³/mol. The first-order valence-electron chi connectivity index (χ1n) is 2.99. The molecule has 2 rings (SSSR count). The van der Waals surface area contributed by atoms with E-state index >= 15 is 0 Å². The summed E-state index contributed by atoms with van der Waals surface area (Å²) in [6, 6.07) is 7.44. The van der Waals surface area contributed by atoms with E-state index in [4.69, 9.17) is 0 Å². The first kappa shape index (κ1) is 9.85. The zero-order valence-electron chi connectivity index (χ0n) is 5.85. The van der Waals surface area contributed by atoms with Crippen LogP contribution in [0.4, 0.5) is 0 Å². The van der Waals surface area contributed by atoms with Crippen molar-refractivity contribution in [2.24, 2.45) is 0 Å². The first-order valence-corrected chi connectivity index (χ1v) is 2.99. The maximum absolute atomic E-state index is 4.58. The number of furan rings is 2. The summed E-state index contributed by atoms with van der Waals surface area (Å²) in [5, 5.41) is 0.